The second-order valence-electron chi connectivity index (χ2n) is 4.41. The van der Waals surface area contributed by atoms with Crippen molar-refractivity contribution in [2.24, 2.45) is 0 Å². The number of amides is 1. The number of nitrogens with zero attached hydrogens (tertiary/aromatic N) is 1. The van der Waals surface area contributed by atoms with Crippen LogP contribution in [0.15, 0.2) is 18.2 Å². The topological polar surface area (TPSA) is 59.0 Å². The summed E-state index contributed by atoms with van der Waals surface area (Å²) in [6.45, 7) is 6.79. The Morgan fingerprint density at radius 1 is 1.30 bits per heavy atom. The molecule has 1 unspecified atom stereocenters. The predicted molar refractivity (Wildman–Crippen MR) is 76.9 cm³/mol. The van der Waals surface area contributed by atoms with Crippen LogP contribution in [-0.4, -0.2) is 42.2 Å². The van der Waals surface area contributed by atoms with Gasteiger partial charge in [-0.3, -0.25) is 4.79 Å². The number of carbonyl (C=O) groups is 1. The zero-order chi connectivity index (χ0) is 15.1. The highest BCUT2D eigenvalue weighted by Gasteiger charge is 2.21. The van der Waals surface area contributed by atoms with Gasteiger partial charge in [0.1, 0.15) is 0 Å². The number of hydrogen-bond donors (Lipinski definition) is 1. The number of carbonyl (C=O) groups excluding carboxylic acids is 1. The third-order valence-corrected chi connectivity index (χ3v) is 3.14. The maximum absolute atomic E-state index is 12.2. The first-order valence-electron chi connectivity index (χ1n) is 6.80. The van der Waals surface area contributed by atoms with E-state index in [2.05, 4.69) is 0 Å². The summed E-state index contributed by atoms with van der Waals surface area (Å²) >= 11 is 0. The Morgan fingerprint density at radius 3 is 2.45 bits per heavy atom. The molecule has 1 amide bonds. The van der Waals surface area contributed by atoms with Gasteiger partial charge in [-0.2, -0.15) is 0 Å². The summed E-state index contributed by atoms with van der Waals surface area (Å²) in [5.74, 6) is 0.944. The highest BCUT2D eigenvalue weighted by molar-refractivity contribution is 5.81. The minimum Gasteiger partial charge on any atom is -0.493 e. The largest absolute Gasteiger partial charge is 0.493 e. The molecule has 5 heteroatoms. The number of rotatable bonds is 7. The lowest BCUT2D eigenvalue weighted by atomic mass is 10.2. The third kappa shape index (κ3) is 3.87. The van der Waals surface area contributed by atoms with Gasteiger partial charge in [0.15, 0.2) is 17.6 Å². The number of likely N-dealkylation sites (N-methyl/N-ethyl adjacent to an activating group) is 1. The lowest BCUT2D eigenvalue weighted by Gasteiger charge is -2.24. The summed E-state index contributed by atoms with van der Waals surface area (Å²) in [6.07, 6.45) is -0.599. The summed E-state index contributed by atoms with van der Waals surface area (Å²) in [5.41, 5.74) is 0.711. The smallest absolute Gasteiger partial charge is 0.263 e. The fraction of sp³-hybridized carbons (Fsp3) is 0.533. The molecule has 0 fully saturated rings. The summed E-state index contributed by atoms with van der Waals surface area (Å²) in [4.78, 5) is 13.9. The number of aliphatic hydroxyl groups excluding tert-OH is 1. The molecule has 0 spiro atoms. The van der Waals surface area contributed by atoms with Crippen LogP contribution < -0.4 is 9.47 Å². The molecule has 0 aliphatic heterocycles. The number of aliphatic hydroxyl groups is 1. The van der Waals surface area contributed by atoms with Crippen molar-refractivity contribution in [1.29, 1.82) is 0 Å². The first-order valence-corrected chi connectivity index (χ1v) is 6.80. The van der Waals surface area contributed by atoms with Crippen molar-refractivity contribution in [2.45, 2.75) is 33.5 Å². The Morgan fingerprint density at radius 2 is 1.95 bits per heavy atom. The molecular weight excluding hydrogens is 258 g/mol. The molecular formula is C15H23NO4. The van der Waals surface area contributed by atoms with Gasteiger partial charge in [0.05, 0.1) is 13.7 Å². The maximum atomic E-state index is 12.2. The number of methoxy groups -OCH3 is 1. The second kappa shape index (κ2) is 7.75. The van der Waals surface area contributed by atoms with Crippen LogP contribution in [0, 0.1) is 0 Å². The lowest BCUT2D eigenvalue weighted by Crippen LogP contribution is -2.40. The van der Waals surface area contributed by atoms with Crippen molar-refractivity contribution in [3.05, 3.63) is 23.8 Å². The fourth-order valence-corrected chi connectivity index (χ4v) is 1.94. The van der Waals surface area contributed by atoms with E-state index in [0.29, 0.717) is 30.2 Å². The highest BCUT2D eigenvalue weighted by Crippen LogP contribution is 2.29. The SMILES string of the molecule is CCN(CC)C(=O)C(C)Oc1cc(CO)ccc1OC. The first kappa shape index (κ1) is 16.3. The third-order valence-electron chi connectivity index (χ3n) is 3.14. The summed E-state index contributed by atoms with van der Waals surface area (Å²) < 4.78 is 10.9. The van der Waals surface area contributed by atoms with Crippen LogP contribution in [-0.2, 0) is 11.4 Å². The molecule has 1 aromatic rings. The van der Waals surface area contributed by atoms with Crippen LogP contribution in [0.5, 0.6) is 11.5 Å². The monoisotopic (exact) mass is 281 g/mol. The van der Waals surface area contributed by atoms with E-state index in [0.717, 1.165) is 0 Å². The van der Waals surface area contributed by atoms with E-state index in [-0.39, 0.29) is 12.5 Å². The molecule has 1 atom stereocenters. The normalized spacial score (nSPS) is 11.8. The molecule has 0 aliphatic carbocycles. The fourth-order valence-electron chi connectivity index (χ4n) is 1.94. The van der Waals surface area contributed by atoms with Crippen LogP contribution in [0.2, 0.25) is 0 Å². The van der Waals surface area contributed by atoms with Gasteiger partial charge in [-0.15, -0.1) is 0 Å². The average Bonchev–Trinajstić information content (AvgIpc) is 2.48. The Labute approximate surface area is 120 Å². The van der Waals surface area contributed by atoms with Crippen molar-refractivity contribution in [1.82, 2.24) is 4.90 Å². The van der Waals surface area contributed by atoms with Crippen LogP contribution in [0.25, 0.3) is 0 Å². The molecule has 0 aromatic heterocycles. The van der Waals surface area contributed by atoms with E-state index in [1.54, 1.807) is 30.0 Å². The van der Waals surface area contributed by atoms with Gasteiger partial charge in [0.2, 0.25) is 0 Å². The molecule has 0 saturated heterocycles. The van der Waals surface area contributed by atoms with E-state index in [1.807, 2.05) is 13.8 Å². The van der Waals surface area contributed by atoms with Crippen molar-refractivity contribution in [3.63, 3.8) is 0 Å². The Balaban J connectivity index is 2.88. The van der Waals surface area contributed by atoms with Crippen LogP contribution >= 0.6 is 0 Å². The van der Waals surface area contributed by atoms with Crippen molar-refractivity contribution in [3.8, 4) is 11.5 Å². The van der Waals surface area contributed by atoms with Crippen molar-refractivity contribution >= 4 is 5.91 Å². The molecule has 112 valence electrons. The number of hydrogen-bond acceptors (Lipinski definition) is 4. The van der Waals surface area contributed by atoms with Crippen LogP contribution in [0.4, 0.5) is 0 Å². The van der Waals surface area contributed by atoms with E-state index in [9.17, 15) is 4.79 Å². The minimum atomic E-state index is -0.599. The van der Waals surface area contributed by atoms with Crippen LogP contribution in [0.1, 0.15) is 26.3 Å². The van der Waals surface area contributed by atoms with Gasteiger partial charge in [0.25, 0.3) is 5.91 Å². The molecule has 0 radical (unpaired) electrons. The maximum Gasteiger partial charge on any atom is 0.263 e. The Bertz CT molecular complexity index is 443. The summed E-state index contributed by atoms with van der Waals surface area (Å²) in [7, 11) is 1.54. The predicted octanol–water partition coefficient (Wildman–Crippen LogP) is 1.82. The summed E-state index contributed by atoms with van der Waals surface area (Å²) in [5, 5.41) is 9.16. The van der Waals surface area contributed by atoms with Crippen molar-refractivity contribution < 1.29 is 19.4 Å². The van der Waals surface area contributed by atoms with Crippen LogP contribution in [0.3, 0.4) is 0 Å². The molecule has 20 heavy (non-hydrogen) atoms. The Hall–Kier alpha value is -1.75. The first-order chi connectivity index (χ1) is 9.57. The second-order valence-corrected chi connectivity index (χ2v) is 4.41. The molecule has 0 heterocycles. The summed E-state index contributed by atoms with van der Waals surface area (Å²) in [6, 6.07) is 5.16. The standard InChI is InChI=1S/C15H23NO4/c1-5-16(6-2)15(18)11(3)20-14-9-12(10-17)7-8-13(14)19-4/h7-9,11,17H,5-6,10H2,1-4H3. The van der Waals surface area contributed by atoms with E-state index < -0.39 is 6.10 Å². The van der Waals surface area contributed by atoms with Gasteiger partial charge >= 0.3 is 0 Å². The van der Waals surface area contributed by atoms with Gasteiger partial charge in [-0.25, -0.2) is 0 Å². The van der Waals surface area contributed by atoms with Gasteiger partial charge in [0, 0.05) is 13.1 Å². The highest BCUT2D eigenvalue weighted by atomic mass is 16.5. The van der Waals surface area contributed by atoms with E-state index in [4.69, 9.17) is 14.6 Å². The number of ether oxygens (including phenoxy) is 2. The molecule has 0 aliphatic rings. The molecule has 1 aromatic carbocycles. The minimum absolute atomic E-state index is 0.0635. The zero-order valence-corrected chi connectivity index (χ0v) is 12.5. The van der Waals surface area contributed by atoms with Crippen molar-refractivity contribution in [2.75, 3.05) is 20.2 Å². The molecule has 0 saturated carbocycles. The number of benzene rings is 1. The quantitative estimate of drug-likeness (QED) is 0.828. The molecule has 1 rings (SSSR count). The van der Waals surface area contributed by atoms with Gasteiger partial charge in [-0.1, -0.05) is 6.07 Å². The van der Waals surface area contributed by atoms with E-state index in [1.165, 1.54) is 7.11 Å². The molecule has 0 bridgehead atoms. The lowest BCUT2D eigenvalue weighted by molar-refractivity contribution is -0.137. The average molecular weight is 281 g/mol. The molecule has 1 N–H and O–H groups in total. The van der Waals surface area contributed by atoms with Gasteiger partial charge in [-0.05, 0) is 38.5 Å². The zero-order valence-electron chi connectivity index (χ0n) is 12.5. The van der Waals surface area contributed by atoms with E-state index >= 15 is 0 Å². The Kier molecular flexibility index (Phi) is 6.31. The molecule has 5 nitrogen and oxygen atoms in total. The van der Waals surface area contributed by atoms with Gasteiger partial charge < -0.3 is 19.5 Å².